The van der Waals surface area contributed by atoms with Crippen LogP contribution in [0.15, 0.2) is 43.1 Å². The van der Waals surface area contributed by atoms with Crippen molar-refractivity contribution in [2.24, 2.45) is 14.1 Å². The molecule has 0 amide bonds. The molecule has 102 valence electrons. The van der Waals surface area contributed by atoms with Gasteiger partial charge >= 0.3 is 0 Å². The Hall–Kier alpha value is -2.63. The molecule has 1 aromatic carbocycles. The highest BCUT2D eigenvalue weighted by atomic mass is 15.2. The maximum absolute atomic E-state index is 4.10. The minimum atomic E-state index is 0.750. The largest absolute Gasteiger partial charge is 0.379 e. The van der Waals surface area contributed by atoms with Gasteiger partial charge in [0.05, 0.1) is 18.6 Å². The molecule has 0 bridgehead atoms. The lowest BCUT2D eigenvalue weighted by Crippen LogP contribution is -2.03. The van der Waals surface area contributed by atoms with Crippen molar-refractivity contribution < 1.29 is 0 Å². The second-order valence-corrected chi connectivity index (χ2v) is 4.69. The van der Waals surface area contributed by atoms with Gasteiger partial charge in [0.25, 0.3) is 0 Å². The van der Waals surface area contributed by atoms with Gasteiger partial charge in [-0.2, -0.15) is 0 Å². The number of hydrogen-bond acceptors (Lipinski definition) is 4. The predicted molar refractivity (Wildman–Crippen MR) is 77.0 cm³/mol. The molecule has 2 aromatic heterocycles. The van der Waals surface area contributed by atoms with Crippen LogP contribution >= 0.6 is 0 Å². The minimum Gasteiger partial charge on any atom is -0.379 e. The van der Waals surface area contributed by atoms with E-state index in [9.17, 15) is 0 Å². The Kier molecular flexibility index (Phi) is 3.20. The van der Waals surface area contributed by atoms with E-state index >= 15 is 0 Å². The molecule has 0 saturated carbocycles. The molecule has 0 aliphatic rings. The smallest absolute Gasteiger partial charge is 0.163 e. The fraction of sp³-hybridized carbons (Fsp3) is 0.214. The van der Waals surface area contributed by atoms with E-state index in [1.54, 1.807) is 12.7 Å². The first-order valence-corrected chi connectivity index (χ1v) is 6.37. The Bertz CT molecular complexity index is 695. The molecule has 0 aliphatic carbocycles. The third-order valence-corrected chi connectivity index (χ3v) is 3.24. The maximum Gasteiger partial charge on any atom is 0.163 e. The summed E-state index contributed by atoms with van der Waals surface area (Å²) in [6.07, 6.45) is 5.36. The number of aryl methyl sites for hydroxylation is 2. The second-order valence-electron chi connectivity index (χ2n) is 4.69. The van der Waals surface area contributed by atoms with Gasteiger partial charge in [0.1, 0.15) is 6.33 Å². The minimum absolute atomic E-state index is 0.750. The molecule has 0 aliphatic heterocycles. The van der Waals surface area contributed by atoms with E-state index in [1.165, 1.54) is 0 Å². The van der Waals surface area contributed by atoms with E-state index in [1.807, 2.05) is 53.7 Å². The zero-order valence-electron chi connectivity index (χ0n) is 11.5. The number of nitrogens with zero attached hydrogens (tertiary/aromatic N) is 5. The molecule has 2 heterocycles. The number of nitrogens with one attached hydrogen (secondary N) is 1. The summed E-state index contributed by atoms with van der Waals surface area (Å²) in [5.41, 5.74) is 3.26. The third-order valence-electron chi connectivity index (χ3n) is 3.24. The highest BCUT2D eigenvalue weighted by molar-refractivity contribution is 5.59. The average molecular weight is 268 g/mol. The SMILES string of the molecule is Cn1cncc1CNc1ccc(-c2nncn2C)cc1. The van der Waals surface area contributed by atoms with Crippen LogP contribution in [0.5, 0.6) is 0 Å². The molecular formula is C14H16N6. The molecule has 0 atom stereocenters. The molecule has 0 unspecified atom stereocenters. The van der Waals surface area contributed by atoms with Crippen molar-refractivity contribution in [2.45, 2.75) is 6.54 Å². The van der Waals surface area contributed by atoms with Crippen LogP contribution in [0.25, 0.3) is 11.4 Å². The Labute approximate surface area is 117 Å². The number of rotatable bonds is 4. The molecule has 3 rings (SSSR count). The van der Waals surface area contributed by atoms with Crippen molar-refractivity contribution in [3.05, 3.63) is 48.8 Å². The molecule has 20 heavy (non-hydrogen) atoms. The van der Waals surface area contributed by atoms with Crippen molar-refractivity contribution in [1.82, 2.24) is 24.3 Å². The first-order chi connectivity index (χ1) is 9.74. The lowest BCUT2D eigenvalue weighted by Gasteiger charge is -2.07. The summed E-state index contributed by atoms with van der Waals surface area (Å²) in [5, 5.41) is 11.4. The van der Waals surface area contributed by atoms with Crippen LogP contribution in [0.2, 0.25) is 0 Å². The molecule has 0 saturated heterocycles. The highest BCUT2D eigenvalue weighted by Gasteiger charge is 2.04. The summed E-state index contributed by atoms with van der Waals surface area (Å²) >= 11 is 0. The lowest BCUT2D eigenvalue weighted by molar-refractivity contribution is 0.837. The Morgan fingerprint density at radius 3 is 2.45 bits per heavy atom. The molecule has 0 radical (unpaired) electrons. The van der Waals surface area contributed by atoms with Gasteiger partial charge in [0, 0.05) is 31.5 Å². The topological polar surface area (TPSA) is 60.6 Å². The number of anilines is 1. The van der Waals surface area contributed by atoms with E-state index in [2.05, 4.69) is 20.5 Å². The van der Waals surface area contributed by atoms with Gasteiger partial charge in [-0.25, -0.2) is 4.98 Å². The van der Waals surface area contributed by atoms with E-state index in [4.69, 9.17) is 0 Å². The van der Waals surface area contributed by atoms with E-state index < -0.39 is 0 Å². The van der Waals surface area contributed by atoms with Crippen LogP contribution < -0.4 is 5.32 Å². The number of imidazole rings is 1. The van der Waals surface area contributed by atoms with Crippen molar-refractivity contribution in [3.63, 3.8) is 0 Å². The normalized spacial score (nSPS) is 10.7. The number of hydrogen-bond donors (Lipinski definition) is 1. The van der Waals surface area contributed by atoms with Crippen LogP contribution in [-0.2, 0) is 20.6 Å². The summed E-state index contributed by atoms with van der Waals surface area (Å²) in [6, 6.07) is 8.16. The van der Waals surface area contributed by atoms with Crippen LogP contribution in [0.1, 0.15) is 5.69 Å². The van der Waals surface area contributed by atoms with Gasteiger partial charge in [-0.15, -0.1) is 10.2 Å². The summed E-state index contributed by atoms with van der Waals surface area (Å²) in [5.74, 6) is 0.864. The summed E-state index contributed by atoms with van der Waals surface area (Å²) in [7, 11) is 3.92. The average Bonchev–Trinajstić information content (AvgIpc) is 3.06. The first kappa shape index (κ1) is 12.4. The van der Waals surface area contributed by atoms with Crippen molar-refractivity contribution in [1.29, 1.82) is 0 Å². The van der Waals surface area contributed by atoms with E-state index in [0.717, 1.165) is 29.3 Å². The van der Waals surface area contributed by atoms with Gasteiger partial charge in [0.15, 0.2) is 5.82 Å². The molecular weight excluding hydrogens is 252 g/mol. The fourth-order valence-electron chi connectivity index (χ4n) is 2.03. The van der Waals surface area contributed by atoms with Crippen molar-refractivity contribution in [2.75, 3.05) is 5.32 Å². The Morgan fingerprint density at radius 2 is 1.85 bits per heavy atom. The molecule has 6 nitrogen and oxygen atoms in total. The van der Waals surface area contributed by atoms with Crippen molar-refractivity contribution >= 4 is 5.69 Å². The maximum atomic E-state index is 4.10. The number of aromatic nitrogens is 5. The standard InChI is InChI=1S/C14H16N6/c1-19-9-15-7-13(19)8-16-12-5-3-11(4-6-12)14-18-17-10-20(14)2/h3-7,9-10,16H,8H2,1-2H3. The van der Waals surface area contributed by atoms with Crippen LogP contribution in [0.3, 0.4) is 0 Å². The van der Waals surface area contributed by atoms with Crippen LogP contribution in [-0.4, -0.2) is 24.3 Å². The van der Waals surface area contributed by atoms with E-state index in [-0.39, 0.29) is 0 Å². The van der Waals surface area contributed by atoms with Crippen LogP contribution in [0, 0.1) is 0 Å². The zero-order chi connectivity index (χ0) is 13.9. The second kappa shape index (κ2) is 5.16. The predicted octanol–water partition coefficient (Wildman–Crippen LogP) is 1.83. The Morgan fingerprint density at radius 1 is 1.05 bits per heavy atom. The van der Waals surface area contributed by atoms with Gasteiger partial charge in [-0.05, 0) is 24.3 Å². The monoisotopic (exact) mass is 268 g/mol. The molecule has 0 fully saturated rings. The molecule has 3 aromatic rings. The third kappa shape index (κ3) is 2.40. The van der Waals surface area contributed by atoms with Crippen molar-refractivity contribution in [3.8, 4) is 11.4 Å². The molecule has 6 heteroatoms. The summed E-state index contributed by atoms with van der Waals surface area (Å²) in [6.45, 7) is 0.750. The summed E-state index contributed by atoms with van der Waals surface area (Å²) in [4.78, 5) is 4.10. The Balaban J connectivity index is 1.71. The van der Waals surface area contributed by atoms with Crippen LogP contribution in [0.4, 0.5) is 5.69 Å². The molecule has 0 spiro atoms. The molecule has 1 N–H and O–H groups in total. The summed E-state index contributed by atoms with van der Waals surface area (Å²) < 4.78 is 3.90. The zero-order valence-corrected chi connectivity index (χ0v) is 11.5. The lowest BCUT2D eigenvalue weighted by atomic mass is 10.2. The fourth-order valence-corrected chi connectivity index (χ4v) is 2.03. The number of benzene rings is 1. The first-order valence-electron chi connectivity index (χ1n) is 6.37. The quantitative estimate of drug-likeness (QED) is 0.784. The van der Waals surface area contributed by atoms with Gasteiger partial charge in [-0.1, -0.05) is 0 Å². The van der Waals surface area contributed by atoms with E-state index in [0.29, 0.717) is 0 Å². The van der Waals surface area contributed by atoms with Gasteiger partial charge in [-0.3, -0.25) is 0 Å². The highest BCUT2D eigenvalue weighted by Crippen LogP contribution is 2.18. The van der Waals surface area contributed by atoms with Gasteiger partial charge in [0.2, 0.25) is 0 Å². The van der Waals surface area contributed by atoms with Gasteiger partial charge < -0.3 is 14.5 Å².